The number of hydrogen-bond acceptors (Lipinski definition) is 5. The van der Waals surface area contributed by atoms with Crippen LogP contribution in [0.3, 0.4) is 0 Å². The zero-order valence-electron chi connectivity index (χ0n) is 18.5. The van der Waals surface area contributed by atoms with E-state index in [0.29, 0.717) is 19.6 Å². The highest BCUT2D eigenvalue weighted by molar-refractivity contribution is 5.81. The van der Waals surface area contributed by atoms with Crippen molar-refractivity contribution in [2.24, 2.45) is 0 Å². The summed E-state index contributed by atoms with van der Waals surface area (Å²) in [5.41, 5.74) is 0.250. The van der Waals surface area contributed by atoms with Gasteiger partial charge >= 0.3 is 0 Å². The molecule has 0 aromatic heterocycles. The van der Waals surface area contributed by atoms with Gasteiger partial charge in [0.25, 0.3) is 0 Å². The number of nitrogens with one attached hydrogen (secondary N) is 1. The Balaban J connectivity index is 1.44. The highest BCUT2D eigenvalue weighted by atomic mass is 19.1. The lowest BCUT2D eigenvalue weighted by Crippen LogP contribution is -2.65. The van der Waals surface area contributed by atoms with Gasteiger partial charge in [0, 0.05) is 11.6 Å². The number of amides is 2. The first-order valence-electron chi connectivity index (χ1n) is 11.7. The summed E-state index contributed by atoms with van der Waals surface area (Å²) in [6.07, 6.45) is 4.37. The summed E-state index contributed by atoms with van der Waals surface area (Å²) in [5, 5.41) is 3.12. The quantitative estimate of drug-likeness (QED) is 0.663. The maximum absolute atomic E-state index is 14.6. The van der Waals surface area contributed by atoms with Gasteiger partial charge < -0.3 is 24.4 Å². The molecule has 1 aliphatic carbocycles. The highest BCUT2D eigenvalue weighted by Crippen LogP contribution is 2.41. The first kappa shape index (κ1) is 21.6. The van der Waals surface area contributed by atoms with Crippen LogP contribution in [-0.4, -0.2) is 66.9 Å². The molecule has 6 rings (SSSR count). The van der Waals surface area contributed by atoms with E-state index in [9.17, 15) is 14.0 Å². The number of halogens is 1. The van der Waals surface area contributed by atoms with Crippen LogP contribution in [0.25, 0.3) is 0 Å². The second kappa shape index (κ2) is 8.63. The molecule has 1 aromatic carbocycles. The minimum atomic E-state index is -0.641. The summed E-state index contributed by atoms with van der Waals surface area (Å²) in [4.78, 5) is 27.3. The normalized spacial score (nSPS) is 35.6. The molecule has 7 nitrogen and oxygen atoms in total. The van der Waals surface area contributed by atoms with Crippen molar-refractivity contribution in [1.82, 2.24) is 10.2 Å². The molecule has 1 saturated carbocycles. The van der Waals surface area contributed by atoms with E-state index in [1.54, 1.807) is 6.07 Å². The first-order chi connectivity index (χ1) is 15.5. The molecule has 1 aromatic rings. The van der Waals surface area contributed by atoms with Crippen molar-refractivity contribution in [1.29, 1.82) is 0 Å². The summed E-state index contributed by atoms with van der Waals surface area (Å²) in [6, 6.07) is 4.69. The van der Waals surface area contributed by atoms with E-state index in [2.05, 4.69) is 5.32 Å². The molecule has 8 heteroatoms. The molecule has 2 bridgehead atoms. The van der Waals surface area contributed by atoms with Crippen molar-refractivity contribution in [2.75, 3.05) is 26.4 Å². The number of carbonyl (C=O) groups excluding carboxylic acids is 2. The van der Waals surface area contributed by atoms with Crippen molar-refractivity contribution in [3.05, 3.63) is 29.6 Å². The SMILES string of the molecule is C[C@@H]1C[C@]2(COCC(=O)N2)[C@H]2CO[C@H]3CC[C@H](CC3)c3cccc(F)c3OCCC(=O)N12. The lowest BCUT2D eigenvalue weighted by atomic mass is 9.82. The Labute approximate surface area is 187 Å². The standard InChI is InChI=1S/C24H31FN2O5/c1-15-11-24(14-30-13-21(28)26-24)20-12-32-17-7-5-16(6-8-17)18-3-2-4-19(25)23(18)31-10-9-22(29)27(15)20/h2-4,15-17,20H,5-14H2,1H3,(H,26,28)/t15-,16-,17+,20-,24+/m1/s1. The Morgan fingerprint density at radius 2 is 2.00 bits per heavy atom. The van der Waals surface area contributed by atoms with Crippen LogP contribution in [0.5, 0.6) is 5.75 Å². The topological polar surface area (TPSA) is 77.1 Å². The van der Waals surface area contributed by atoms with Gasteiger partial charge in [-0.2, -0.15) is 0 Å². The van der Waals surface area contributed by atoms with Crippen LogP contribution in [0.2, 0.25) is 0 Å². The van der Waals surface area contributed by atoms with Crippen molar-refractivity contribution in [3.63, 3.8) is 0 Å². The number of para-hydroxylation sites is 1. The van der Waals surface area contributed by atoms with Gasteiger partial charge in [0.05, 0.1) is 43.9 Å². The summed E-state index contributed by atoms with van der Waals surface area (Å²) in [6.45, 7) is 2.86. The Kier molecular flexibility index (Phi) is 5.84. The third kappa shape index (κ3) is 3.88. The van der Waals surface area contributed by atoms with Crippen molar-refractivity contribution < 1.29 is 28.2 Å². The number of rotatable bonds is 0. The molecular formula is C24H31FN2O5. The Morgan fingerprint density at radius 1 is 1.19 bits per heavy atom. The predicted octanol–water partition coefficient (Wildman–Crippen LogP) is 2.53. The van der Waals surface area contributed by atoms with E-state index in [1.165, 1.54) is 6.07 Å². The number of carbonyl (C=O) groups is 2. The highest BCUT2D eigenvalue weighted by Gasteiger charge is 2.55. The van der Waals surface area contributed by atoms with Gasteiger partial charge in [0.1, 0.15) is 6.61 Å². The molecular weight excluding hydrogens is 415 g/mol. The summed E-state index contributed by atoms with van der Waals surface area (Å²) in [7, 11) is 0. The lowest BCUT2D eigenvalue weighted by Gasteiger charge is -2.42. The second-order valence-corrected chi connectivity index (χ2v) is 9.63. The fraction of sp³-hybridized carbons (Fsp3) is 0.667. The summed E-state index contributed by atoms with van der Waals surface area (Å²) >= 11 is 0. The smallest absolute Gasteiger partial charge is 0.246 e. The number of ether oxygens (including phenoxy) is 3. The van der Waals surface area contributed by atoms with E-state index < -0.39 is 5.54 Å². The minimum Gasteiger partial charge on any atom is -0.490 e. The predicted molar refractivity (Wildman–Crippen MR) is 114 cm³/mol. The van der Waals surface area contributed by atoms with Gasteiger partial charge in [0.15, 0.2) is 11.6 Å². The fourth-order valence-corrected chi connectivity index (χ4v) is 6.10. The minimum absolute atomic E-state index is 0.0421. The van der Waals surface area contributed by atoms with Crippen LogP contribution >= 0.6 is 0 Å². The number of benzene rings is 1. The molecule has 1 spiro atoms. The van der Waals surface area contributed by atoms with Gasteiger partial charge in [-0.05, 0) is 51.0 Å². The first-order valence-corrected chi connectivity index (χ1v) is 11.7. The van der Waals surface area contributed by atoms with Gasteiger partial charge in [-0.25, -0.2) is 4.39 Å². The fourth-order valence-electron chi connectivity index (χ4n) is 6.10. The number of hydrogen-bond donors (Lipinski definition) is 1. The number of fused-ring (bicyclic) bond motifs is 6. The largest absolute Gasteiger partial charge is 0.490 e. The van der Waals surface area contributed by atoms with Gasteiger partial charge in [-0.1, -0.05) is 12.1 Å². The molecule has 32 heavy (non-hydrogen) atoms. The molecule has 0 unspecified atom stereocenters. The van der Waals surface area contributed by atoms with E-state index in [1.807, 2.05) is 17.9 Å². The molecule has 0 radical (unpaired) electrons. The zero-order valence-corrected chi connectivity index (χ0v) is 18.5. The van der Waals surface area contributed by atoms with Crippen LogP contribution in [0.1, 0.15) is 56.9 Å². The van der Waals surface area contributed by atoms with Crippen molar-refractivity contribution >= 4 is 11.8 Å². The zero-order chi connectivity index (χ0) is 22.3. The van der Waals surface area contributed by atoms with E-state index in [0.717, 1.165) is 31.2 Å². The van der Waals surface area contributed by atoms with Crippen LogP contribution in [0.15, 0.2) is 18.2 Å². The van der Waals surface area contributed by atoms with Gasteiger partial charge in [-0.3, -0.25) is 9.59 Å². The van der Waals surface area contributed by atoms with Crippen LogP contribution in [0.4, 0.5) is 4.39 Å². The Morgan fingerprint density at radius 3 is 2.78 bits per heavy atom. The molecule has 2 amide bonds. The number of nitrogens with zero attached hydrogens (tertiary/aromatic N) is 1. The number of morpholine rings is 1. The maximum atomic E-state index is 14.6. The second-order valence-electron chi connectivity index (χ2n) is 9.63. The van der Waals surface area contributed by atoms with E-state index in [4.69, 9.17) is 14.2 Å². The molecule has 2 saturated heterocycles. The van der Waals surface area contributed by atoms with Gasteiger partial charge in [0.2, 0.25) is 11.8 Å². The average molecular weight is 447 g/mol. The summed E-state index contributed by atoms with van der Waals surface area (Å²) < 4.78 is 32.4. The average Bonchev–Trinajstić information content (AvgIpc) is 3.03. The van der Waals surface area contributed by atoms with E-state index >= 15 is 0 Å². The Hall–Kier alpha value is -2.19. The van der Waals surface area contributed by atoms with Gasteiger partial charge in [-0.15, -0.1) is 0 Å². The van der Waals surface area contributed by atoms with Crippen molar-refractivity contribution in [2.45, 2.75) is 75.1 Å². The monoisotopic (exact) mass is 446 g/mol. The molecule has 3 atom stereocenters. The van der Waals surface area contributed by atoms with Crippen LogP contribution in [-0.2, 0) is 19.1 Å². The summed E-state index contributed by atoms with van der Waals surface area (Å²) in [5.74, 6) is -0.124. The lowest BCUT2D eigenvalue weighted by molar-refractivity contribution is -0.144. The molecule has 174 valence electrons. The molecule has 1 N–H and O–H groups in total. The van der Waals surface area contributed by atoms with Crippen LogP contribution < -0.4 is 10.1 Å². The molecule has 4 heterocycles. The molecule has 3 fully saturated rings. The Bertz CT molecular complexity index is 887. The third-order valence-corrected chi connectivity index (χ3v) is 7.54. The van der Waals surface area contributed by atoms with Crippen molar-refractivity contribution in [3.8, 4) is 5.75 Å². The van der Waals surface area contributed by atoms with Crippen LogP contribution in [0, 0.1) is 5.82 Å². The third-order valence-electron chi connectivity index (χ3n) is 7.54. The maximum Gasteiger partial charge on any atom is 0.246 e. The van der Waals surface area contributed by atoms with E-state index in [-0.39, 0.29) is 67.1 Å². The molecule has 5 aliphatic rings. The molecule has 4 aliphatic heterocycles.